The molecule has 1 amide bonds. The zero-order valence-corrected chi connectivity index (χ0v) is 18.4. The van der Waals surface area contributed by atoms with Crippen molar-refractivity contribution in [3.8, 4) is 6.07 Å². The van der Waals surface area contributed by atoms with Gasteiger partial charge in [0, 0.05) is 11.4 Å². The summed E-state index contributed by atoms with van der Waals surface area (Å²) in [5.41, 5.74) is 0.590. The Morgan fingerprint density at radius 1 is 0.971 bits per heavy atom. The largest absolute Gasteiger partial charge is 0.449 e. The molecule has 0 fully saturated rings. The van der Waals surface area contributed by atoms with Gasteiger partial charge in [-0.3, -0.25) is 9.52 Å². The number of ether oxygens (including phenoxy) is 1. The quantitative estimate of drug-likeness (QED) is 0.490. The van der Waals surface area contributed by atoms with Crippen LogP contribution in [0.25, 0.3) is 0 Å². The van der Waals surface area contributed by atoms with Crippen molar-refractivity contribution in [1.29, 1.82) is 5.26 Å². The number of nitriles is 1. The van der Waals surface area contributed by atoms with E-state index >= 15 is 0 Å². The average molecular weight is 485 g/mol. The van der Waals surface area contributed by atoms with Crippen LogP contribution in [0.5, 0.6) is 0 Å². The Morgan fingerprint density at radius 3 is 2.38 bits per heavy atom. The molecule has 3 aromatic carbocycles. The molecule has 0 aliphatic rings. The number of nitrogens with zero attached hydrogens (tertiary/aromatic N) is 1. The number of anilines is 2. The smallest absolute Gasteiger partial charge is 0.338 e. The second-order valence-corrected chi connectivity index (χ2v) is 8.67. The minimum absolute atomic E-state index is 0.0374. The van der Waals surface area contributed by atoms with Crippen LogP contribution in [0.4, 0.5) is 20.2 Å². The van der Waals surface area contributed by atoms with Gasteiger partial charge >= 0.3 is 5.97 Å². The summed E-state index contributed by atoms with van der Waals surface area (Å²) in [5.74, 6) is -4.06. The number of carbonyl (C=O) groups excluding carboxylic acids is 2. The van der Waals surface area contributed by atoms with E-state index in [1.54, 1.807) is 18.2 Å². The Labute approximate surface area is 193 Å². The monoisotopic (exact) mass is 485 g/mol. The predicted octanol–water partition coefficient (Wildman–Crippen LogP) is 3.82. The number of hydrogen-bond donors (Lipinski definition) is 2. The molecule has 0 saturated heterocycles. The van der Waals surface area contributed by atoms with Gasteiger partial charge in [0.2, 0.25) is 0 Å². The van der Waals surface area contributed by atoms with E-state index in [-0.39, 0.29) is 11.3 Å². The average Bonchev–Trinajstić information content (AvgIpc) is 2.80. The molecule has 1 unspecified atom stereocenters. The zero-order chi connectivity index (χ0) is 24.9. The normalized spacial score (nSPS) is 11.7. The van der Waals surface area contributed by atoms with E-state index in [1.807, 2.05) is 6.07 Å². The van der Waals surface area contributed by atoms with E-state index in [9.17, 15) is 26.8 Å². The number of rotatable bonds is 7. The molecule has 0 bridgehead atoms. The van der Waals surface area contributed by atoms with Gasteiger partial charge in [0.1, 0.15) is 0 Å². The minimum atomic E-state index is -4.27. The first-order valence-corrected chi connectivity index (χ1v) is 11.2. The zero-order valence-electron chi connectivity index (χ0n) is 17.6. The molecule has 0 aromatic heterocycles. The Bertz CT molecular complexity index is 1400. The Balaban J connectivity index is 1.68. The molecule has 3 rings (SSSR count). The molecular formula is C23H17F2N3O5S. The van der Waals surface area contributed by atoms with E-state index < -0.39 is 44.5 Å². The number of carbonyl (C=O) groups is 2. The van der Waals surface area contributed by atoms with Gasteiger partial charge in [-0.1, -0.05) is 12.1 Å². The Kier molecular flexibility index (Phi) is 7.23. The number of amides is 1. The first-order valence-electron chi connectivity index (χ1n) is 9.69. The van der Waals surface area contributed by atoms with Crippen molar-refractivity contribution in [3.63, 3.8) is 0 Å². The summed E-state index contributed by atoms with van der Waals surface area (Å²) in [6, 6.07) is 15.4. The van der Waals surface area contributed by atoms with Crippen LogP contribution in [0.1, 0.15) is 22.8 Å². The second kappa shape index (κ2) is 10.1. The van der Waals surface area contributed by atoms with E-state index in [1.165, 1.54) is 37.3 Å². The topological polar surface area (TPSA) is 125 Å². The van der Waals surface area contributed by atoms with Gasteiger partial charge in [0.05, 0.1) is 22.1 Å². The molecule has 174 valence electrons. The van der Waals surface area contributed by atoms with Gasteiger partial charge in [-0.15, -0.1) is 0 Å². The predicted molar refractivity (Wildman–Crippen MR) is 118 cm³/mol. The lowest BCUT2D eigenvalue weighted by Gasteiger charge is -2.14. The third-order valence-electron chi connectivity index (χ3n) is 4.46. The van der Waals surface area contributed by atoms with Crippen LogP contribution in [0.3, 0.4) is 0 Å². The van der Waals surface area contributed by atoms with Crippen molar-refractivity contribution in [1.82, 2.24) is 0 Å². The van der Waals surface area contributed by atoms with Crippen LogP contribution in [-0.2, 0) is 19.6 Å². The maximum absolute atomic E-state index is 13.4. The van der Waals surface area contributed by atoms with Gasteiger partial charge in [-0.25, -0.2) is 22.0 Å². The molecular weight excluding hydrogens is 468 g/mol. The lowest BCUT2D eigenvalue weighted by Crippen LogP contribution is -2.30. The van der Waals surface area contributed by atoms with E-state index in [4.69, 9.17) is 10.00 Å². The molecule has 0 aliphatic carbocycles. The number of halogens is 2. The summed E-state index contributed by atoms with van der Waals surface area (Å²) in [7, 11) is -4.27. The first-order chi connectivity index (χ1) is 16.1. The van der Waals surface area contributed by atoms with E-state index in [0.717, 1.165) is 6.07 Å². The maximum atomic E-state index is 13.4. The summed E-state index contributed by atoms with van der Waals surface area (Å²) in [6.45, 7) is 1.34. The summed E-state index contributed by atoms with van der Waals surface area (Å²) >= 11 is 0. The van der Waals surface area contributed by atoms with Gasteiger partial charge in [-0.2, -0.15) is 5.26 Å². The highest BCUT2D eigenvalue weighted by atomic mass is 32.2. The summed E-state index contributed by atoms with van der Waals surface area (Å²) < 4.78 is 58.7. The minimum Gasteiger partial charge on any atom is -0.449 e. The highest BCUT2D eigenvalue weighted by Crippen LogP contribution is 2.20. The maximum Gasteiger partial charge on any atom is 0.338 e. The molecule has 0 radical (unpaired) electrons. The molecule has 2 N–H and O–H groups in total. The molecule has 3 aromatic rings. The molecule has 1 atom stereocenters. The van der Waals surface area contributed by atoms with Crippen LogP contribution >= 0.6 is 0 Å². The van der Waals surface area contributed by atoms with Crippen molar-refractivity contribution < 1.29 is 31.5 Å². The standard InChI is InChI=1S/C23H17F2N3O5S/c1-14(22(29)27-17-6-2-4-15(10-17)13-26)33-23(30)16-5-3-7-18(11-16)28-34(31,32)19-8-9-20(24)21(25)12-19/h2-12,14,28H,1H3,(H,27,29). The number of esters is 1. The third kappa shape index (κ3) is 5.93. The van der Waals surface area contributed by atoms with Crippen LogP contribution in [0, 0.1) is 23.0 Å². The fourth-order valence-electron chi connectivity index (χ4n) is 2.76. The fourth-order valence-corrected chi connectivity index (χ4v) is 3.82. The number of hydrogen-bond acceptors (Lipinski definition) is 6. The Morgan fingerprint density at radius 2 is 1.68 bits per heavy atom. The molecule has 8 nitrogen and oxygen atoms in total. The van der Waals surface area contributed by atoms with Gasteiger partial charge < -0.3 is 10.1 Å². The fraction of sp³-hybridized carbons (Fsp3) is 0.0870. The van der Waals surface area contributed by atoms with Crippen molar-refractivity contribution in [2.45, 2.75) is 17.9 Å². The molecule has 0 heterocycles. The first kappa shape index (κ1) is 24.3. The van der Waals surface area contributed by atoms with Crippen LogP contribution in [0.15, 0.2) is 71.6 Å². The molecule has 34 heavy (non-hydrogen) atoms. The lowest BCUT2D eigenvalue weighted by molar-refractivity contribution is -0.123. The van der Waals surface area contributed by atoms with Gasteiger partial charge in [0.15, 0.2) is 17.7 Å². The SMILES string of the molecule is CC(OC(=O)c1cccc(NS(=O)(=O)c2ccc(F)c(F)c2)c1)C(=O)Nc1cccc(C#N)c1. The summed E-state index contributed by atoms with van der Waals surface area (Å²) in [5, 5.41) is 11.5. The van der Waals surface area contributed by atoms with Crippen molar-refractivity contribution in [3.05, 3.63) is 89.5 Å². The number of sulfonamides is 1. The number of benzene rings is 3. The molecule has 0 saturated carbocycles. The van der Waals surface area contributed by atoms with Crippen molar-refractivity contribution >= 4 is 33.3 Å². The number of nitrogens with one attached hydrogen (secondary N) is 2. The van der Waals surface area contributed by atoms with Crippen molar-refractivity contribution in [2.24, 2.45) is 0 Å². The highest BCUT2D eigenvalue weighted by Gasteiger charge is 2.21. The van der Waals surface area contributed by atoms with Crippen LogP contribution in [-0.4, -0.2) is 26.4 Å². The summed E-state index contributed by atoms with van der Waals surface area (Å²) in [6.07, 6.45) is -1.21. The summed E-state index contributed by atoms with van der Waals surface area (Å²) in [4.78, 5) is 24.3. The van der Waals surface area contributed by atoms with Crippen LogP contribution < -0.4 is 10.0 Å². The van der Waals surface area contributed by atoms with E-state index in [2.05, 4.69) is 10.0 Å². The highest BCUT2D eigenvalue weighted by molar-refractivity contribution is 7.92. The third-order valence-corrected chi connectivity index (χ3v) is 5.84. The Hall–Kier alpha value is -4.30. The second-order valence-electron chi connectivity index (χ2n) is 6.99. The van der Waals surface area contributed by atoms with E-state index in [0.29, 0.717) is 23.4 Å². The molecule has 11 heteroatoms. The lowest BCUT2D eigenvalue weighted by atomic mass is 10.2. The molecule has 0 aliphatic heterocycles. The molecule has 0 spiro atoms. The van der Waals surface area contributed by atoms with Gasteiger partial charge in [0.25, 0.3) is 15.9 Å². The van der Waals surface area contributed by atoms with Crippen molar-refractivity contribution in [2.75, 3.05) is 10.0 Å². The van der Waals surface area contributed by atoms with Gasteiger partial charge in [-0.05, 0) is 61.5 Å². The van der Waals surface area contributed by atoms with Crippen LogP contribution in [0.2, 0.25) is 0 Å².